The molecule has 0 saturated heterocycles. The SMILES string of the molecule is CCS(=O)NC(C)(C)CO. The van der Waals surface area contributed by atoms with Crippen molar-refractivity contribution in [2.45, 2.75) is 26.3 Å². The van der Waals surface area contributed by atoms with Crippen LogP contribution in [0.3, 0.4) is 0 Å². The van der Waals surface area contributed by atoms with E-state index >= 15 is 0 Å². The van der Waals surface area contributed by atoms with Crippen molar-refractivity contribution in [1.29, 1.82) is 0 Å². The molecule has 0 aromatic heterocycles. The van der Waals surface area contributed by atoms with E-state index in [0.717, 1.165) is 0 Å². The molecule has 1 unspecified atom stereocenters. The molecule has 0 saturated carbocycles. The molecule has 0 radical (unpaired) electrons. The van der Waals surface area contributed by atoms with E-state index in [0.29, 0.717) is 5.75 Å². The second-order valence-electron chi connectivity index (χ2n) is 2.78. The molecule has 0 aliphatic carbocycles. The van der Waals surface area contributed by atoms with E-state index < -0.39 is 16.5 Å². The lowest BCUT2D eigenvalue weighted by Crippen LogP contribution is -2.44. The molecule has 0 aliphatic heterocycles. The molecule has 0 rings (SSSR count). The molecule has 2 N–H and O–H groups in total. The van der Waals surface area contributed by atoms with Crippen LogP contribution in [-0.2, 0) is 11.0 Å². The first-order valence-electron chi connectivity index (χ1n) is 3.29. The van der Waals surface area contributed by atoms with Crippen LogP contribution in [0.15, 0.2) is 0 Å². The lowest BCUT2D eigenvalue weighted by atomic mass is 10.1. The van der Waals surface area contributed by atoms with Crippen molar-refractivity contribution < 1.29 is 9.32 Å². The quantitative estimate of drug-likeness (QED) is 0.617. The summed E-state index contributed by atoms with van der Waals surface area (Å²) in [6.07, 6.45) is 0. The Morgan fingerprint density at radius 2 is 2.10 bits per heavy atom. The van der Waals surface area contributed by atoms with Crippen molar-refractivity contribution in [3.05, 3.63) is 0 Å². The maximum absolute atomic E-state index is 10.9. The van der Waals surface area contributed by atoms with E-state index in [1.165, 1.54) is 0 Å². The standard InChI is InChI=1S/C6H15NO2S/c1-4-10(9)7-6(2,3)5-8/h7-8H,4-5H2,1-3H3. The third-order valence-electron chi connectivity index (χ3n) is 1.05. The molecule has 0 amide bonds. The molecule has 3 nitrogen and oxygen atoms in total. The summed E-state index contributed by atoms with van der Waals surface area (Å²) in [5.74, 6) is 0.573. The molecule has 0 heterocycles. The molecule has 0 fully saturated rings. The number of nitrogens with one attached hydrogen (secondary N) is 1. The van der Waals surface area contributed by atoms with Crippen molar-refractivity contribution >= 4 is 11.0 Å². The maximum atomic E-state index is 10.9. The molecule has 0 aromatic carbocycles. The van der Waals surface area contributed by atoms with Crippen LogP contribution < -0.4 is 4.72 Å². The highest BCUT2D eigenvalue weighted by molar-refractivity contribution is 7.83. The second kappa shape index (κ2) is 4.05. The normalized spacial score (nSPS) is 15.2. The lowest BCUT2D eigenvalue weighted by Gasteiger charge is -2.21. The highest BCUT2D eigenvalue weighted by Gasteiger charge is 2.17. The van der Waals surface area contributed by atoms with E-state index in [-0.39, 0.29) is 6.61 Å². The zero-order chi connectivity index (χ0) is 8.20. The number of rotatable bonds is 4. The molecular formula is C6H15NO2S. The van der Waals surface area contributed by atoms with Crippen LogP contribution in [0.1, 0.15) is 20.8 Å². The average Bonchev–Trinajstić information content (AvgIpc) is 1.87. The van der Waals surface area contributed by atoms with E-state index in [9.17, 15) is 4.21 Å². The van der Waals surface area contributed by atoms with Crippen LogP contribution in [-0.4, -0.2) is 27.2 Å². The minimum atomic E-state index is -1.01. The van der Waals surface area contributed by atoms with Gasteiger partial charge in [0.25, 0.3) is 0 Å². The van der Waals surface area contributed by atoms with Gasteiger partial charge in [0.1, 0.15) is 0 Å². The highest BCUT2D eigenvalue weighted by atomic mass is 32.2. The summed E-state index contributed by atoms with van der Waals surface area (Å²) >= 11 is 0. The van der Waals surface area contributed by atoms with Gasteiger partial charge in [-0.1, -0.05) is 6.92 Å². The Morgan fingerprint density at radius 3 is 2.40 bits per heavy atom. The van der Waals surface area contributed by atoms with Crippen LogP contribution in [0.25, 0.3) is 0 Å². The van der Waals surface area contributed by atoms with Crippen LogP contribution in [0.4, 0.5) is 0 Å². The zero-order valence-electron chi connectivity index (χ0n) is 6.68. The topological polar surface area (TPSA) is 49.3 Å². The Morgan fingerprint density at radius 1 is 1.60 bits per heavy atom. The predicted octanol–water partition coefficient (Wildman–Crippen LogP) is 0.0305. The monoisotopic (exact) mass is 165 g/mol. The summed E-state index contributed by atoms with van der Waals surface area (Å²) < 4.78 is 13.7. The van der Waals surface area contributed by atoms with Gasteiger partial charge >= 0.3 is 0 Å². The van der Waals surface area contributed by atoms with Crippen LogP contribution in [0.2, 0.25) is 0 Å². The van der Waals surface area contributed by atoms with Crippen LogP contribution in [0, 0.1) is 0 Å². The Hall–Kier alpha value is 0.0700. The minimum absolute atomic E-state index is 0.00125. The molecule has 0 bridgehead atoms. The molecule has 10 heavy (non-hydrogen) atoms. The van der Waals surface area contributed by atoms with Gasteiger partial charge in [0, 0.05) is 11.3 Å². The summed E-state index contributed by atoms with van der Waals surface area (Å²) in [5, 5.41) is 8.74. The number of aliphatic hydroxyl groups excluding tert-OH is 1. The summed E-state index contributed by atoms with van der Waals surface area (Å²) in [6, 6.07) is 0. The predicted molar refractivity (Wildman–Crippen MR) is 43.0 cm³/mol. The fraction of sp³-hybridized carbons (Fsp3) is 1.00. The van der Waals surface area contributed by atoms with Crippen LogP contribution in [0.5, 0.6) is 0 Å². The van der Waals surface area contributed by atoms with Crippen molar-refractivity contribution in [2.24, 2.45) is 0 Å². The lowest BCUT2D eigenvalue weighted by molar-refractivity contribution is 0.210. The Labute approximate surface area is 64.4 Å². The van der Waals surface area contributed by atoms with Gasteiger partial charge in [-0.2, -0.15) is 0 Å². The van der Waals surface area contributed by atoms with Gasteiger partial charge in [-0.15, -0.1) is 0 Å². The van der Waals surface area contributed by atoms with Crippen molar-refractivity contribution in [1.82, 2.24) is 4.72 Å². The third-order valence-corrected chi connectivity index (χ3v) is 2.35. The fourth-order valence-electron chi connectivity index (χ4n) is 0.413. The third kappa shape index (κ3) is 3.98. The van der Waals surface area contributed by atoms with Gasteiger partial charge in [-0.05, 0) is 13.8 Å². The van der Waals surface area contributed by atoms with Gasteiger partial charge in [0.15, 0.2) is 0 Å². The molecule has 0 spiro atoms. The average molecular weight is 165 g/mol. The first-order chi connectivity index (χ1) is 4.52. The van der Waals surface area contributed by atoms with Gasteiger partial charge in [-0.25, -0.2) is 8.93 Å². The first-order valence-corrected chi connectivity index (χ1v) is 4.61. The summed E-state index contributed by atoms with van der Waals surface area (Å²) in [5.41, 5.74) is -0.430. The fourth-order valence-corrected chi connectivity index (χ4v) is 1.24. The van der Waals surface area contributed by atoms with Gasteiger partial charge in [-0.3, -0.25) is 0 Å². The Balaban J connectivity index is 3.76. The molecule has 4 heteroatoms. The van der Waals surface area contributed by atoms with Gasteiger partial charge in [0.05, 0.1) is 17.6 Å². The van der Waals surface area contributed by atoms with Gasteiger partial charge in [0.2, 0.25) is 0 Å². The minimum Gasteiger partial charge on any atom is -0.394 e. The maximum Gasteiger partial charge on any atom is 0.0918 e. The van der Waals surface area contributed by atoms with E-state index in [2.05, 4.69) is 4.72 Å². The molecule has 62 valence electrons. The Bertz CT molecular complexity index is 125. The molecule has 0 aromatic rings. The van der Waals surface area contributed by atoms with Crippen molar-refractivity contribution in [2.75, 3.05) is 12.4 Å². The van der Waals surface area contributed by atoms with Crippen molar-refractivity contribution in [3.63, 3.8) is 0 Å². The number of aliphatic hydroxyl groups is 1. The zero-order valence-corrected chi connectivity index (χ0v) is 7.49. The number of hydrogen-bond acceptors (Lipinski definition) is 2. The Kier molecular flexibility index (Phi) is 4.08. The summed E-state index contributed by atoms with van der Waals surface area (Å²) in [7, 11) is -1.01. The van der Waals surface area contributed by atoms with Gasteiger partial charge < -0.3 is 5.11 Å². The smallest absolute Gasteiger partial charge is 0.0918 e. The summed E-state index contributed by atoms with van der Waals surface area (Å²) in [4.78, 5) is 0. The second-order valence-corrected chi connectivity index (χ2v) is 4.25. The first kappa shape index (κ1) is 10.1. The summed E-state index contributed by atoms with van der Waals surface area (Å²) in [6.45, 7) is 5.44. The molecule has 1 atom stereocenters. The van der Waals surface area contributed by atoms with E-state index in [1.54, 1.807) is 13.8 Å². The van der Waals surface area contributed by atoms with Crippen LogP contribution >= 0.6 is 0 Å². The molecule has 0 aliphatic rings. The van der Waals surface area contributed by atoms with Crippen molar-refractivity contribution in [3.8, 4) is 0 Å². The number of hydrogen-bond donors (Lipinski definition) is 2. The largest absolute Gasteiger partial charge is 0.394 e. The highest BCUT2D eigenvalue weighted by Crippen LogP contribution is 1.99. The van der Waals surface area contributed by atoms with E-state index in [4.69, 9.17) is 5.11 Å². The molecular weight excluding hydrogens is 150 g/mol. The van der Waals surface area contributed by atoms with E-state index in [1.807, 2.05) is 6.92 Å².